The minimum absolute atomic E-state index is 0.0851. The highest BCUT2D eigenvalue weighted by molar-refractivity contribution is 5.45. The fourth-order valence-electron chi connectivity index (χ4n) is 3.57. The summed E-state index contributed by atoms with van der Waals surface area (Å²) in [6.45, 7) is 8.79. The topological polar surface area (TPSA) is 106 Å². The lowest BCUT2D eigenvalue weighted by molar-refractivity contribution is -0.142. The van der Waals surface area contributed by atoms with E-state index in [-0.39, 0.29) is 5.56 Å². The Morgan fingerprint density at radius 3 is 2.55 bits per heavy atom. The van der Waals surface area contributed by atoms with Crippen LogP contribution in [0.4, 0.5) is 5.69 Å². The van der Waals surface area contributed by atoms with Crippen LogP contribution in [0.1, 0.15) is 42.9 Å². The van der Waals surface area contributed by atoms with E-state index >= 15 is 0 Å². The third kappa shape index (κ3) is 6.53. The van der Waals surface area contributed by atoms with Crippen molar-refractivity contribution in [1.29, 1.82) is 0 Å². The van der Waals surface area contributed by atoms with Gasteiger partial charge in [0.05, 0.1) is 12.2 Å². The predicted octanol–water partition coefficient (Wildman–Crippen LogP) is 2.19. The van der Waals surface area contributed by atoms with Crippen LogP contribution < -0.4 is 15.6 Å². The van der Waals surface area contributed by atoms with Crippen LogP contribution >= 0.6 is 0 Å². The van der Waals surface area contributed by atoms with Crippen LogP contribution in [0.3, 0.4) is 0 Å². The number of nitrogens with one attached hydrogen (secondary N) is 1. The molecule has 0 amide bonds. The summed E-state index contributed by atoms with van der Waals surface area (Å²) in [4.78, 5) is 17.4. The van der Waals surface area contributed by atoms with E-state index in [1.54, 1.807) is 11.6 Å². The summed E-state index contributed by atoms with van der Waals surface area (Å²) in [6.07, 6.45) is -0.126. The number of hydrogen-bond donors (Lipinski definition) is 3. The van der Waals surface area contributed by atoms with E-state index in [2.05, 4.69) is 17.2 Å². The number of aromatic nitrogens is 2. The Balaban J connectivity index is 2.06. The van der Waals surface area contributed by atoms with Gasteiger partial charge < -0.3 is 25.0 Å². The third-order valence-corrected chi connectivity index (χ3v) is 5.20. The molecule has 1 unspecified atom stereocenters. The van der Waals surface area contributed by atoms with Crippen molar-refractivity contribution in [3.05, 3.63) is 51.2 Å². The third-order valence-electron chi connectivity index (χ3n) is 5.20. The Labute approximate surface area is 183 Å². The van der Waals surface area contributed by atoms with Crippen LogP contribution in [-0.4, -0.2) is 52.4 Å². The fourth-order valence-corrected chi connectivity index (χ4v) is 3.57. The number of nitrogens with zero attached hydrogens (tertiary/aromatic N) is 2. The zero-order valence-electron chi connectivity index (χ0n) is 19.1. The number of aliphatic hydroxyl groups excluding tert-OH is 1. The van der Waals surface area contributed by atoms with Gasteiger partial charge in [-0.1, -0.05) is 19.4 Å². The molecule has 0 aliphatic heterocycles. The van der Waals surface area contributed by atoms with Crippen molar-refractivity contribution in [1.82, 2.24) is 9.55 Å². The summed E-state index contributed by atoms with van der Waals surface area (Å²) in [5.74, 6) is 1.36. The molecule has 1 aromatic carbocycles. The molecular formula is C23H35N3O5. The zero-order chi connectivity index (χ0) is 23.0. The number of hydrogen-bond acceptors (Lipinski definition) is 7. The van der Waals surface area contributed by atoms with Crippen molar-refractivity contribution in [2.24, 2.45) is 0 Å². The number of benzene rings is 1. The molecule has 0 fully saturated rings. The van der Waals surface area contributed by atoms with Gasteiger partial charge in [-0.2, -0.15) is 0 Å². The highest BCUT2D eigenvalue weighted by Gasteiger charge is 2.18. The van der Waals surface area contributed by atoms with Crippen LogP contribution in [0.15, 0.2) is 23.0 Å². The van der Waals surface area contributed by atoms with E-state index < -0.39 is 12.4 Å². The van der Waals surface area contributed by atoms with Crippen molar-refractivity contribution in [2.45, 2.75) is 65.9 Å². The summed E-state index contributed by atoms with van der Waals surface area (Å²) in [5, 5.41) is 21.9. The van der Waals surface area contributed by atoms with Crippen LogP contribution in [0.25, 0.3) is 0 Å². The Bertz CT molecular complexity index is 911. The van der Waals surface area contributed by atoms with E-state index in [1.807, 2.05) is 39.0 Å². The maximum absolute atomic E-state index is 12.8. The molecule has 3 N–H and O–H groups in total. The van der Waals surface area contributed by atoms with E-state index in [0.717, 1.165) is 29.7 Å². The molecule has 1 heterocycles. The van der Waals surface area contributed by atoms with Gasteiger partial charge in [-0.05, 0) is 50.5 Å². The van der Waals surface area contributed by atoms with Gasteiger partial charge in [0.2, 0.25) is 0 Å². The van der Waals surface area contributed by atoms with E-state index in [1.165, 1.54) is 0 Å². The van der Waals surface area contributed by atoms with Crippen LogP contribution in [0, 0.1) is 13.8 Å². The maximum Gasteiger partial charge on any atom is 0.277 e. The quantitative estimate of drug-likeness (QED) is 0.441. The Kier molecular flexibility index (Phi) is 9.48. The molecule has 1 atom stereocenters. The van der Waals surface area contributed by atoms with Gasteiger partial charge in [0, 0.05) is 20.1 Å². The highest BCUT2D eigenvalue weighted by Crippen LogP contribution is 2.20. The molecule has 2 aromatic rings. The summed E-state index contributed by atoms with van der Waals surface area (Å²) < 4.78 is 12.9. The first-order chi connectivity index (χ1) is 14.8. The summed E-state index contributed by atoms with van der Waals surface area (Å²) in [6, 6.07) is 5.64. The molecule has 0 saturated carbocycles. The fraction of sp³-hybridized carbons (Fsp3) is 0.565. The first kappa shape index (κ1) is 24.8. The number of aliphatic hydroxyl groups is 2. The predicted molar refractivity (Wildman–Crippen MR) is 121 cm³/mol. The van der Waals surface area contributed by atoms with Crippen molar-refractivity contribution in [2.75, 3.05) is 25.6 Å². The molecule has 31 heavy (non-hydrogen) atoms. The highest BCUT2D eigenvalue weighted by atomic mass is 16.5. The van der Waals surface area contributed by atoms with E-state index in [4.69, 9.17) is 9.47 Å². The molecule has 1 aromatic heterocycles. The monoisotopic (exact) mass is 433 g/mol. The Morgan fingerprint density at radius 2 is 1.97 bits per heavy atom. The number of aryl methyl sites for hydroxylation is 3. The number of anilines is 1. The molecule has 0 aliphatic rings. The second-order valence-corrected chi connectivity index (χ2v) is 7.49. The molecule has 8 heteroatoms. The van der Waals surface area contributed by atoms with Crippen molar-refractivity contribution in [3.63, 3.8) is 0 Å². The molecule has 0 radical (unpaired) electrons. The van der Waals surface area contributed by atoms with Crippen LogP contribution in [0.5, 0.6) is 5.75 Å². The second-order valence-electron chi connectivity index (χ2n) is 7.49. The van der Waals surface area contributed by atoms with Crippen LogP contribution in [-0.2, 0) is 24.1 Å². The van der Waals surface area contributed by atoms with Gasteiger partial charge in [-0.25, -0.2) is 4.98 Å². The largest absolute Gasteiger partial charge is 0.492 e. The lowest BCUT2D eigenvalue weighted by atomic mass is 10.0. The molecule has 0 saturated heterocycles. The Morgan fingerprint density at radius 1 is 1.23 bits per heavy atom. The summed E-state index contributed by atoms with van der Waals surface area (Å²) >= 11 is 0. The van der Waals surface area contributed by atoms with E-state index in [9.17, 15) is 15.0 Å². The van der Waals surface area contributed by atoms with E-state index in [0.29, 0.717) is 43.4 Å². The molecule has 0 aliphatic carbocycles. The minimum atomic E-state index is -1.53. The van der Waals surface area contributed by atoms with Gasteiger partial charge in [-0.15, -0.1) is 0 Å². The van der Waals surface area contributed by atoms with Gasteiger partial charge >= 0.3 is 0 Å². The molecule has 0 bridgehead atoms. The summed E-state index contributed by atoms with van der Waals surface area (Å²) in [7, 11) is 1.74. The lowest BCUT2D eigenvalue weighted by Crippen LogP contribution is -2.31. The smallest absolute Gasteiger partial charge is 0.277 e. The average molecular weight is 434 g/mol. The molecule has 2 rings (SSSR count). The molecule has 8 nitrogen and oxygen atoms in total. The molecule has 172 valence electrons. The van der Waals surface area contributed by atoms with Crippen LogP contribution in [0.2, 0.25) is 0 Å². The number of rotatable bonds is 12. The van der Waals surface area contributed by atoms with Gasteiger partial charge in [0.25, 0.3) is 5.56 Å². The summed E-state index contributed by atoms with van der Waals surface area (Å²) in [5.41, 5.74) is 3.19. The normalized spacial score (nSPS) is 12.3. The Hall–Kier alpha value is -2.42. The minimum Gasteiger partial charge on any atom is -0.492 e. The van der Waals surface area contributed by atoms with Crippen molar-refractivity contribution in [3.8, 4) is 5.75 Å². The van der Waals surface area contributed by atoms with Gasteiger partial charge in [-0.3, -0.25) is 9.36 Å². The second kappa shape index (κ2) is 11.8. The average Bonchev–Trinajstić information content (AvgIpc) is 2.72. The lowest BCUT2D eigenvalue weighted by Gasteiger charge is -2.20. The van der Waals surface area contributed by atoms with Crippen molar-refractivity contribution < 1.29 is 19.7 Å². The standard InChI is InChI=1S/C23H35N3O5/c1-6-8-19-21(24-5)22(27)26(16(4)25-19)11-12-31-18-10-9-17(15(3)13-18)14-20(23(28)29)30-7-2/h9-10,13,20,23-24,28-29H,6-8,11-12,14H2,1-5H3. The van der Waals surface area contributed by atoms with Gasteiger partial charge in [0.1, 0.15) is 30.0 Å². The zero-order valence-corrected chi connectivity index (χ0v) is 19.1. The maximum atomic E-state index is 12.8. The number of ether oxygens (including phenoxy) is 2. The first-order valence-electron chi connectivity index (χ1n) is 10.8. The van der Waals surface area contributed by atoms with Crippen molar-refractivity contribution >= 4 is 5.69 Å². The molecular weight excluding hydrogens is 398 g/mol. The first-order valence-corrected chi connectivity index (χ1v) is 10.8. The van der Waals surface area contributed by atoms with Gasteiger partial charge in [0.15, 0.2) is 6.29 Å². The molecule has 0 spiro atoms. The SMILES string of the molecule is CCCc1nc(C)n(CCOc2ccc(CC(OCC)C(O)O)c(C)c2)c(=O)c1NC.